The number of methoxy groups -OCH3 is 2. The fourth-order valence-electron chi connectivity index (χ4n) is 2.51. The van der Waals surface area contributed by atoms with E-state index in [0.29, 0.717) is 5.75 Å². The van der Waals surface area contributed by atoms with Crippen molar-refractivity contribution < 1.29 is 9.47 Å². The summed E-state index contributed by atoms with van der Waals surface area (Å²) in [6.45, 7) is 1.98. The Balaban J connectivity index is 2.12. The molecule has 5 nitrogen and oxygen atoms in total. The Morgan fingerprint density at radius 2 is 1.78 bits per heavy atom. The number of hydrogen-bond donors (Lipinski definition) is 0. The molecule has 0 amide bonds. The highest BCUT2D eigenvalue weighted by atomic mass is 79.9. The minimum atomic E-state index is 0.686. The lowest BCUT2D eigenvalue weighted by atomic mass is 10.1. The van der Waals surface area contributed by atoms with Gasteiger partial charge in [0, 0.05) is 10.0 Å². The van der Waals surface area contributed by atoms with Crippen LogP contribution in [0, 0.1) is 6.92 Å². The van der Waals surface area contributed by atoms with Crippen LogP contribution in [0.15, 0.2) is 47.1 Å². The fourth-order valence-corrected chi connectivity index (χ4v) is 2.77. The summed E-state index contributed by atoms with van der Waals surface area (Å²) in [5.74, 6) is 1.42. The lowest BCUT2D eigenvalue weighted by Gasteiger charge is -2.13. The highest BCUT2D eigenvalue weighted by Crippen LogP contribution is 2.36. The van der Waals surface area contributed by atoms with Crippen molar-refractivity contribution in [3.63, 3.8) is 0 Å². The average Bonchev–Trinajstić information content (AvgIpc) is 3.04. The molecule has 1 aromatic heterocycles. The van der Waals surface area contributed by atoms with Gasteiger partial charge in [0.2, 0.25) is 0 Å². The molecule has 0 saturated heterocycles. The number of halogens is 1. The van der Waals surface area contributed by atoms with E-state index < -0.39 is 0 Å². The van der Waals surface area contributed by atoms with E-state index in [1.807, 2.05) is 43.3 Å². The first kappa shape index (κ1) is 15.6. The fraction of sp³-hybridized carbons (Fsp3) is 0.176. The molecule has 0 radical (unpaired) electrons. The van der Waals surface area contributed by atoms with E-state index in [-0.39, 0.29) is 0 Å². The molecule has 0 spiro atoms. The van der Waals surface area contributed by atoms with Crippen molar-refractivity contribution in [1.82, 2.24) is 15.0 Å². The summed E-state index contributed by atoms with van der Waals surface area (Å²) in [7, 11) is 3.27. The smallest absolute Gasteiger partial charge is 0.163 e. The second-order valence-corrected chi connectivity index (χ2v) is 5.95. The number of nitrogens with zero attached hydrogens (tertiary/aromatic N) is 3. The molecule has 0 fully saturated rings. The summed E-state index contributed by atoms with van der Waals surface area (Å²) in [4.78, 5) is 0. The maximum atomic E-state index is 5.44. The predicted molar refractivity (Wildman–Crippen MR) is 92.3 cm³/mol. The number of ether oxygens (including phenoxy) is 2. The van der Waals surface area contributed by atoms with Crippen molar-refractivity contribution in [2.45, 2.75) is 6.92 Å². The maximum Gasteiger partial charge on any atom is 0.163 e. The van der Waals surface area contributed by atoms with E-state index >= 15 is 0 Å². The number of rotatable bonds is 4. The topological polar surface area (TPSA) is 49.2 Å². The van der Waals surface area contributed by atoms with Crippen molar-refractivity contribution in [2.24, 2.45) is 0 Å². The number of benzene rings is 2. The predicted octanol–water partition coefficient (Wildman–Crippen LogP) is 4.02. The van der Waals surface area contributed by atoms with Crippen LogP contribution in [-0.4, -0.2) is 29.2 Å². The van der Waals surface area contributed by atoms with Gasteiger partial charge < -0.3 is 9.47 Å². The van der Waals surface area contributed by atoms with Gasteiger partial charge in [0.1, 0.15) is 0 Å². The monoisotopic (exact) mass is 373 g/mol. The summed E-state index contributed by atoms with van der Waals surface area (Å²) in [5.41, 5.74) is 3.78. The lowest BCUT2D eigenvalue weighted by molar-refractivity contribution is 0.353. The molecule has 0 atom stereocenters. The molecule has 6 heteroatoms. The molecule has 3 aromatic rings. The van der Waals surface area contributed by atoms with E-state index in [0.717, 1.165) is 32.7 Å². The molecule has 2 aromatic carbocycles. The summed E-state index contributed by atoms with van der Waals surface area (Å²) in [6, 6.07) is 11.9. The van der Waals surface area contributed by atoms with Gasteiger partial charge in [-0.25, -0.2) is 4.68 Å². The number of hydrogen-bond acceptors (Lipinski definition) is 4. The molecular formula is C17H16BrN3O2. The highest BCUT2D eigenvalue weighted by molar-refractivity contribution is 9.10. The molecule has 0 aliphatic heterocycles. The Kier molecular flexibility index (Phi) is 4.34. The second-order valence-electron chi connectivity index (χ2n) is 5.04. The molecule has 23 heavy (non-hydrogen) atoms. The van der Waals surface area contributed by atoms with Crippen LogP contribution in [0.3, 0.4) is 0 Å². The third kappa shape index (κ3) is 2.94. The van der Waals surface area contributed by atoms with Crippen LogP contribution in [0.2, 0.25) is 0 Å². The molecule has 0 unspecified atom stereocenters. The summed E-state index contributed by atoms with van der Waals surface area (Å²) in [5, 5.41) is 8.25. The minimum absolute atomic E-state index is 0.686. The molecular weight excluding hydrogens is 358 g/mol. The van der Waals surface area contributed by atoms with Gasteiger partial charge in [-0.1, -0.05) is 21.1 Å². The highest BCUT2D eigenvalue weighted by Gasteiger charge is 2.14. The van der Waals surface area contributed by atoms with Gasteiger partial charge in [-0.05, 0) is 48.9 Å². The van der Waals surface area contributed by atoms with Crippen LogP contribution >= 0.6 is 15.9 Å². The Labute approximate surface area is 143 Å². The molecule has 0 N–H and O–H groups in total. The van der Waals surface area contributed by atoms with Crippen LogP contribution < -0.4 is 9.47 Å². The number of aryl methyl sites for hydroxylation is 1. The maximum absolute atomic E-state index is 5.44. The molecule has 0 bridgehead atoms. The average molecular weight is 374 g/mol. The van der Waals surface area contributed by atoms with Crippen molar-refractivity contribution in [3.05, 3.63) is 52.6 Å². The van der Waals surface area contributed by atoms with E-state index in [1.165, 1.54) is 0 Å². The van der Waals surface area contributed by atoms with E-state index in [4.69, 9.17) is 9.47 Å². The molecule has 0 aliphatic carbocycles. The summed E-state index contributed by atoms with van der Waals surface area (Å²) < 4.78 is 13.7. The molecule has 118 valence electrons. The largest absolute Gasteiger partial charge is 0.493 e. The van der Waals surface area contributed by atoms with Gasteiger partial charge in [-0.15, -0.1) is 5.10 Å². The SMILES string of the molecule is COc1cc(-c2cnnn2-c2ccc(Br)cc2)cc(C)c1OC. The van der Waals surface area contributed by atoms with Crippen LogP contribution in [0.4, 0.5) is 0 Å². The first-order valence-electron chi connectivity index (χ1n) is 7.03. The molecule has 0 saturated carbocycles. The quantitative estimate of drug-likeness (QED) is 0.692. The van der Waals surface area contributed by atoms with E-state index in [2.05, 4.69) is 26.2 Å². The number of aromatic nitrogens is 3. The van der Waals surface area contributed by atoms with Gasteiger partial charge in [0.25, 0.3) is 0 Å². The Morgan fingerprint density at radius 3 is 2.43 bits per heavy atom. The van der Waals surface area contributed by atoms with Gasteiger partial charge in [0.15, 0.2) is 11.5 Å². The van der Waals surface area contributed by atoms with Crippen molar-refractivity contribution >= 4 is 15.9 Å². The first-order chi connectivity index (χ1) is 11.1. The summed E-state index contributed by atoms with van der Waals surface area (Å²) in [6.07, 6.45) is 1.74. The van der Waals surface area contributed by atoms with Gasteiger partial charge in [-0.3, -0.25) is 0 Å². The van der Waals surface area contributed by atoms with Crippen molar-refractivity contribution in [2.75, 3.05) is 14.2 Å². The Hall–Kier alpha value is -2.34. The van der Waals surface area contributed by atoms with Crippen LogP contribution in [0.25, 0.3) is 16.9 Å². The zero-order valence-corrected chi connectivity index (χ0v) is 14.7. The minimum Gasteiger partial charge on any atom is -0.493 e. The van der Waals surface area contributed by atoms with Gasteiger partial charge >= 0.3 is 0 Å². The van der Waals surface area contributed by atoms with Crippen LogP contribution in [0.5, 0.6) is 11.5 Å². The van der Waals surface area contributed by atoms with E-state index in [9.17, 15) is 0 Å². The van der Waals surface area contributed by atoms with Gasteiger partial charge in [0.05, 0.1) is 31.8 Å². The van der Waals surface area contributed by atoms with Crippen molar-refractivity contribution in [3.8, 4) is 28.4 Å². The van der Waals surface area contributed by atoms with Crippen molar-refractivity contribution in [1.29, 1.82) is 0 Å². The van der Waals surface area contributed by atoms with Crippen LogP contribution in [0.1, 0.15) is 5.56 Å². The summed E-state index contributed by atoms with van der Waals surface area (Å²) >= 11 is 3.44. The standard InChI is InChI=1S/C17H16BrN3O2/c1-11-8-12(9-16(22-2)17(11)23-3)15-10-19-20-21(15)14-6-4-13(18)5-7-14/h4-10H,1-3H3. The van der Waals surface area contributed by atoms with Gasteiger partial charge in [-0.2, -0.15) is 0 Å². The normalized spacial score (nSPS) is 10.6. The Morgan fingerprint density at radius 1 is 1.04 bits per heavy atom. The third-order valence-electron chi connectivity index (χ3n) is 3.58. The molecule has 1 heterocycles. The molecule has 0 aliphatic rings. The zero-order chi connectivity index (χ0) is 16.4. The first-order valence-corrected chi connectivity index (χ1v) is 7.83. The second kappa shape index (κ2) is 6.42. The van der Waals surface area contributed by atoms with Crippen LogP contribution in [-0.2, 0) is 0 Å². The molecule has 3 rings (SSSR count). The Bertz CT molecular complexity index is 828. The zero-order valence-electron chi connectivity index (χ0n) is 13.1. The third-order valence-corrected chi connectivity index (χ3v) is 4.11. The lowest BCUT2D eigenvalue weighted by Crippen LogP contribution is -2.00. The van der Waals surface area contributed by atoms with E-state index in [1.54, 1.807) is 25.1 Å².